The maximum absolute atomic E-state index is 12.4. The van der Waals surface area contributed by atoms with E-state index in [9.17, 15) is 18.0 Å². The largest absolute Gasteiger partial charge is 0.416 e. The number of hydrogen-bond donors (Lipinski definition) is 1. The van der Waals surface area contributed by atoms with Gasteiger partial charge in [-0.15, -0.1) is 11.6 Å². The molecule has 0 saturated heterocycles. The molecular formula is C13H15ClF3NO. The molecule has 2 nitrogen and oxygen atoms in total. The Morgan fingerprint density at radius 2 is 1.63 bits per heavy atom. The van der Waals surface area contributed by atoms with E-state index < -0.39 is 28.6 Å². The van der Waals surface area contributed by atoms with Crippen molar-refractivity contribution in [3.63, 3.8) is 0 Å². The highest BCUT2D eigenvalue weighted by molar-refractivity contribution is 6.30. The fraction of sp³-hybridized carbons (Fsp3) is 0.462. The second-order valence-corrected chi connectivity index (χ2v) is 5.66. The van der Waals surface area contributed by atoms with Gasteiger partial charge >= 0.3 is 6.18 Å². The molecule has 0 aromatic heterocycles. The molecule has 1 aromatic carbocycles. The zero-order valence-corrected chi connectivity index (χ0v) is 11.6. The van der Waals surface area contributed by atoms with Gasteiger partial charge in [0.1, 0.15) is 5.38 Å². The first-order valence-electron chi connectivity index (χ1n) is 5.64. The minimum absolute atomic E-state index is 0.330. The lowest BCUT2D eigenvalue weighted by atomic mass is 10.1. The number of rotatable bonds is 2. The van der Waals surface area contributed by atoms with Crippen molar-refractivity contribution in [3.05, 3.63) is 35.4 Å². The Labute approximate surface area is 114 Å². The molecule has 1 rings (SSSR count). The predicted octanol–water partition coefficient (Wildman–Crippen LogP) is 3.90. The predicted molar refractivity (Wildman–Crippen MR) is 67.9 cm³/mol. The summed E-state index contributed by atoms with van der Waals surface area (Å²) in [4.78, 5) is 11.8. The molecule has 1 unspecified atom stereocenters. The van der Waals surface area contributed by atoms with Crippen molar-refractivity contribution in [1.82, 2.24) is 5.32 Å². The summed E-state index contributed by atoms with van der Waals surface area (Å²) in [5, 5.41) is 1.66. The number of amides is 1. The Hall–Kier alpha value is -1.23. The molecule has 1 atom stereocenters. The average molecular weight is 294 g/mol. The zero-order chi connectivity index (χ0) is 14.8. The summed E-state index contributed by atoms with van der Waals surface area (Å²) in [6, 6.07) is 4.25. The van der Waals surface area contributed by atoms with E-state index in [1.807, 2.05) is 0 Å². The van der Waals surface area contributed by atoms with E-state index in [0.717, 1.165) is 12.1 Å². The number of benzene rings is 1. The van der Waals surface area contributed by atoms with Gasteiger partial charge in [0.05, 0.1) is 5.56 Å². The lowest BCUT2D eigenvalue weighted by molar-refractivity contribution is -0.137. The van der Waals surface area contributed by atoms with Crippen molar-refractivity contribution in [1.29, 1.82) is 0 Å². The van der Waals surface area contributed by atoms with Crippen molar-refractivity contribution < 1.29 is 18.0 Å². The second-order valence-electron chi connectivity index (χ2n) is 5.22. The van der Waals surface area contributed by atoms with Crippen LogP contribution in [-0.2, 0) is 11.0 Å². The van der Waals surface area contributed by atoms with Gasteiger partial charge in [-0.3, -0.25) is 4.79 Å². The highest BCUT2D eigenvalue weighted by Gasteiger charge is 2.30. The first-order valence-corrected chi connectivity index (χ1v) is 6.07. The van der Waals surface area contributed by atoms with Crippen LogP contribution >= 0.6 is 11.6 Å². The number of hydrogen-bond acceptors (Lipinski definition) is 1. The van der Waals surface area contributed by atoms with Crippen LogP contribution in [0.15, 0.2) is 24.3 Å². The van der Waals surface area contributed by atoms with Crippen LogP contribution in [0.1, 0.15) is 37.3 Å². The van der Waals surface area contributed by atoms with Gasteiger partial charge in [-0.2, -0.15) is 13.2 Å². The van der Waals surface area contributed by atoms with E-state index in [0.29, 0.717) is 5.56 Å². The first kappa shape index (κ1) is 15.8. The molecule has 0 heterocycles. The van der Waals surface area contributed by atoms with Crippen LogP contribution in [0.3, 0.4) is 0 Å². The third-order valence-corrected chi connectivity index (χ3v) is 2.71. The van der Waals surface area contributed by atoms with Gasteiger partial charge in [-0.05, 0) is 38.5 Å². The van der Waals surface area contributed by atoms with E-state index in [1.165, 1.54) is 12.1 Å². The smallest absolute Gasteiger partial charge is 0.350 e. The molecule has 19 heavy (non-hydrogen) atoms. The molecule has 0 bridgehead atoms. The minimum atomic E-state index is -4.39. The molecule has 1 aromatic rings. The third kappa shape index (κ3) is 4.74. The molecule has 106 valence electrons. The van der Waals surface area contributed by atoms with E-state index in [2.05, 4.69) is 5.32 Å². The molecule has 0 aliphatic rings. The second kappa shape index (κ2) is 5.41. The lowest BCUT2D eigenvalue weighted by Crippen LogP contribution is -2.42. The molecule has 0 aliphatic carbocycles. The van der Waals surface area contributed by atoms with Crippen molar-refractivity contribution in [2.75, 3.05) is 0 Å². The quantitative estimate of drug-likeness (QED) is 0.823. The normalized spacial score (nSPS) is 14.1. The molecule has 1 N–H and O–H groups in total. The Morgan fingerprint density at radius 1 is 1.16 bits per heavy atom. The number of carbonyl (C=O) groups excluding carboxylic acids is 1. The van der Waals surface area contributed by atoms with Crippen LogP contribution in [-0.4, -0.2) is 11.4 Å². The molecule has 0 fully saturated rings. The Morgan fingerprint density at radius 3 is 2.00 bits per heavy atom. The van der Waals surface area contributed by atoms with Crippen LogP contribution in [0.4, 0.5) is 13.2 Å². The molecule has 0 spiro atoms. The first-order chi connectivity index (χ1) is 8.50. The third-order valence-electron chi connectivity index (χ3n) is 2.26. The number of nitrogens with one attached hydrogen (secondary N) is 1. The van der Waals surface area contributed by atoms with Crippen LogP contribution < -0.4 is 5.32 Å². The Balaban J connectivity index is 2.84. The highest BCUT2D eigenvalue weighted by atomic mass is 35.5. The molecule has 0 saturated carbocycles. The maximum atomic E-state index is 12.4. The van der Waals surface area contributed by atoms with Gasteiger partial charge in [-0.25, -0.2) is 0 Å². The maximum Gasteiger partial charge on any atom is 0.416 e. The van der Waals surface area contributed by atoms with Gasteiger partial charge in [0.2, 0.25) is 5.91 Å². The average Bonchev–Trinajstić information content (AvgIpc) is 2.24. The van der Waals surface area contributed by atoms with Crippen molar-refractivity contribution >= 4 is 17.5 Å². The van der Waals surface area contributed by atoms with Crippen LogP contribution in [0.25, 0.3) is 0 Å². The fourth-order valence-corrected chi connectivity index (χ4v) is 1.63. The van der Waals surface area contributed by atoms with Crippen LogP contribution in [0.2, 0.25) is 0 Å². The molecule has 6 heteroatoms. The lowest BCUT2D eigenvalue weighted by Gasteiger charge is -2.22. The molecule has 0 radical (unpaired) electrons. The summed E-state index contributed by atoms with van der Waals surface area (Å²) in [7, 11) is 0. The Kier molecular flexibility index (Phi) is 4.50. The van der Waals surface area contributed by atoms with Gasteiger partial charge in [0.25, 0.3) is 0 Å². The summed E-state index contributed by atoms with van der Waals surface area (Å²) < 4.78 is 37.2. The Bertz CT molecular complexity index is 448. The summed E-state index contributed by atoms with van der Waals surface area (Å²) in [6.07, 6.45) is -4.39. The summed E-state index contributed by atoms with van der Waals surface area (Å²) >= 11 is 5.94. The topological polar surface area (TPSA) is 29.1 Å². The SMILES string of the molecule is CC(C)(C)NC(=O)C(Cl)c1ccc(C(F)(F)F)cc1. The van der Waals surface area contributed by atoms with E-state index in [1.54, 1.807) is 20.8 Å². The van der Waals surface area contributed by atoms with E-state index >= 15 is 0 Å². The molecule has 0 aliphatic heterocycles. The van der Waals surface area contributed by atoms with Crippen molar-refractivity contribution in [2.24, 2.45) is 0 Å². The highest BCUT2D eigenvalue weighted by Crippen LogP contribution is 2.31. The van der Waals surface area contributed by atoms with Gasteiger partial charge in [0, 0.05) is 5.54 Å². The summed E-state index contributed by atoms with van der Waals surface area (Å²) in [5.41, 5.74) is -0.886. The van der Waals surface area contributed by atoms with Crippen molar-refractivity contribution in [2.45, 2.75) is 37.9 Å². The summed E-state index contributed by atoms with van der Waals surface area (Å²) in [5.74, 6) is -0.436. The standard InChI is InChI=1S/C13H15ClF3NO/c1-12(2,3)18-11(19)10(14)8-4-6-9(7-5-8)13(15,16)17/h4-7,10H,1-3H3,(H,18,19). The zero-order valence-electron chi connectivity index (χ0n) is 10.8. The van der Waals surface area contributed by atoms with Gasteiger partial charge < -0.3 is 5.32 Å². The number of carbonyl (C=O) groups is 1. The number of halogens is 4. The van der Waals surface area contributed by atoms with Crippen molar-refractivity contribution in [3.8, 4) is 0 Å². The summed E-state index contributed by atoms with van der Waals surface area (Å²) in [6.45, 7) is 5.38. The molecule has 1 amide bonds. The number of alkyl halides is 4. The monoisotopic (exact) mass is 293 g/mol. The minimum Gasteiger partial charge on any atom is -0.350 e. The fourth-order valence-electron chi connectivity index (χ4n) is 1.43. The van der Waals surface area contributed by atoms with Gasteiger partial charge in [-0.1, -0.05) is 12.1 Å². The van der Waals surface area contributed by atoms with Crippen LogP contribution in [0.5, 0.6) is 0 Å². The van der Waals surface area contributed by atoms with E-state index in [4.69, 9.17) is 11.6 Å². The molecular weight excluding hydrogens is 279 g/mol. The van der Waals surface area contributed by atoms with Crippen LogP contribution in [0, 0.1) is 0 Å². The van der Waals surface area contributed by atoms with Gasteiger partial charge in [0.15, 0.2) is 0 Å². The van der Waals surface area contributed by atoms with E-state index in [-0.39, 0.29) is 0 Å².